The molecule has 2 aliphatic rings. The van der Waals surface area contributed by atoms with Crippen molar-refractivity contribution in [3.8, 4) is 6.07 Å². The average Bonchev–Trinajstić information content (AvgIpc) is 3.41. The third-order valence-corrected chi connectivity index (χ3v) is 6.06. The molecule has 5 heterocycles. The highest BCUT2D eigenvalue weighted by atomic mass is 15.6. The van der Waals surface area contributed by atoms with Crippen LogP contribution in [0.3, 0.4) is 0 Å². The van der Waals surface area contributed by atoms with Gasteiger partial charge in [0.15, 0.2) is 5.82 Å². The summed E-state index contributed by atoms with van der Waals surface area (Å²) in [4.78, 5) is 13.8. The highest BCUT2D eigenvalue weighted by Crippen LogP contribution is 2.30. The molecule has 4 N–H and O–H groups in total. The molecule has 3 aromatic heterocycles. The maximum atomic E-state index is 8.78. The number of hydrazine groups is 1. The number of unbranched alkanes of at least 4 members (excludes halogenated alkanes) is 2. The van der Waals surface area contributed by atoms with Crippen LogP contribution in [0.4, 0.5) is 17.6 Å². The lowest BCUT2D eigenvalue weighted by Gasteiger charge is -2.23. The average molecular weight is 433 g/mol. The van der Waals surface area contributed by atoms with E-state index < -0.39 is 0 Å². The van der Waals surface area contributed by atoms with Crippen LogP contribution < -0.4 is 16.1 Å². The zero-order chi connectivity index (χ0) is 21.9. The molecule has 0 bridgehead atoms. The smallest absolute Gasteiger partial charge is 0.225 e. The number of fused-ring (bicyclic) bond motifs is 2. The van der Waals surface area contributed by atoms with Crippen molar-refractivity contribution in [3.63, 3.8) is 0 Å². The van der Waals surface area contributed by atoms with Gasteiger partial charge in [-0.2, -0.15) is 15.3 Å². The minimum Gasteiger partial charge on any atom is -0.351 e. The van der Waals surface area contributed by atoms with Crippen molar-refractivity contribution in [2.45, 2.75) is 63.6 Å². The Hall–Kier alpha value is -3.29. The molecule has 0 aromatic carbocycles. The van der Waals surface area contributed by atoms with Gasteiger partial charge in [0.1, 0.15) is 5.82 Å². The number of hydrogen-bond donors (Lipinski definition) is 4. The monoisotopic (exact) mass is 432 g/mol. The highest BCUT2D eigenvalue weighted by Gasteiger charge is 2.41. The predicted octanol–water partition coefficient (Wildman–Crippen LogP) is 3.02. The minimum atomic E-state index is 0.274. The Bertz CT molecular complexity index is 1120. The van der Waals surface area contributed by atoms with Crippen molar-refractivity contribution < 1.29 is 0 Å². The van der Waals surface area contributed by atoms with E-state index in [1.165, 1.54) is 0 Å². The number of rotatable bonds is 8. The first kappa shape index (κ1) is 20.6. The van der Waals surface area contributed by atoms with E-state index in [2.05, 4.69) is 42.3 Å². The molecule has 0 saturated carbocycles. The van der Waals surface area contributed by atoms with Crippen molar-refractivity contribution in [2.24, 2.45) is 0 Å². The summed E-state index contributed by atoms with van der Waals surface area (Å²) in [6.45, 7) is 3.05. The molecule has 0 aliphatic carbocycles. The molecule has 4 unspecified atom stereocenters. The first-order valence-corrected chi connectivity index (χ1v) is 11.2. The van der Waals surface area contributed by atoms with Crippen LogP contribution in [-0.4, -0.2) is 54.8 Å². The second kappa shape index (κ2) is 9.06. The third-order valence-electron chi connectivity index (χ3n) is 6.06. The number of H-pyrrole nitrogens is 1. The maximum absolute atomic E-state index is 8.78. The standard InChI is InChI=1S/C22H28N10/c1-14-9-20(30-29-14)27-21-18-6-8-24-12-19(18)26-22(28-21)25-16-10-15(5-3-2-4-7-23)31-32-13-17(32)11-16/h6,8-9,12,15-17,31H,2-5,10-11,13H2,1H3,(H3,25,26,27,28,29,30). The molecule has 0 spiro atoms. The van der Waals surface area contributed by atoms with E-state index in [4.69, 9.17) is 15.2 Å². The van der Waals surface area contributed by atoms with Gasteiger partial charge in [0.25, 0.3) is 0 Å². The summed E-state index contributed by atoms with van der Waals surface area (Å²) in [5.41, 5.74) is 5.42. The Balaban J connectivity index is 1.34. The van der Waals surface area contributed by atoms with Gasteiger partial charge in [-0.05, 0) is 38.7 Å². The lowest BCUT2D eigenvalue weighted by molar-refractivity contribution is 0.301. The van der Waals surface area contributed by atoms with E-state index in [1.54, 1.807) is 12.4 Å². The molecule has 10 heteroatoms. The van der Waals surface area contributed by atoms with Crippen LogP contribution in [0.25, 0.3) is 10.9 Å². The van der Waals surface area contributed by atoms with Gasteiger partial charge in [0, 0.05) is 54.4 Å². The van der Waals surface area contributed by atoms with Crippen molar-refractivity contribution in [3.05, 3.63) is 30.2 Å². The van der Waals surface area contributed by atoms with Gasteiger partial charge < -0.3 is 10.6 Å². The molecule has 0 radical (unpaired) electrons. The summed E-state index contributed by atoms with van der Waals surface area (Å²) in [5, 5.41) is 26.1. The SMILES string of the molecule is Cc1cc(Nc2nc(NC3CC(CCCCC#N)NN4CC4C3)nc3cnccc23)n[nH]1. The fraction of sp³-hybridized carbons (Fsp3) is 0.500. The summed E-state index contributed by atoms with van der Waals surface area (Å²) in [7, 11) is 0. The largest absolute Gasteiger partial charge is 0.351 e. The van der Waals surface area contributed by atoms with Gasteiger partial charge in [-0.25, -0.2) is 9.99 Å². The van der Waals surface area contributed by atoms with Gasteiger partial charge >= 0.3 is 0 Å². The Morgan fingerprint density at radius 1 is 1.28 bits per heavy atom. The number of pyridine rings is 1. The van der Waals surface area contributed by atoms with E-state index in [0.717, 1.165) is 61.1 Å². The number of nitriles is 1. The van der Waals surface area contributed by atoms with E-state index in [1.807, 2.05) is 19.1 Å². The molecule has 2 fully saturated rings. The molecule has 2 aliphatic heterocycles. The van der Waals surface area contributed by atoms with Crippen LogP contribution in [0.5, 0.6) is 0 Å². The number of nitrogens with zero attached hydrogens (tertiary/aromatic N) is 6. The van der Waals surface area contributed by atoms with Crippen molar-refractivity contribution >= 4 is 28.5 Å². The Labute approximate surface area is 186 Å². The predicted molar refractivity (Wildman–Crippen MR) is 122 cm³/mol. The van der Waals surface area contributed by atoms with Crippen molar-refractivity contribution in [1.29, 1.82) is 5.26 Å². The number of anilines is 3. The van der Waals surface area contributed by atoms with Crippen LogP contribution in [0.1, 0.15) is 44.2 Å². The molecular weight excluding hydrogens is 404 g/mol. The molecule has 4 atom stereocenters. The maximum Gasteiger partial charge on any atom is 0.225 e. The zero-order valence-corrected chi connectivity index (χ0v) is 18.2. The molecule has 10 nitrogen and oxygen atoms in total. The summed E-state index contributed by atoms with van der Waals surface area (Å²) < 4.78 is 0. The fourth-order valence-corrected chi connectivity index (χ4v) is 4.42. The van der Waals surface area contributed by atoms with Crippen LogP contribution in [0, 0.1) is 18.3 Å². The topological polar surface area (TPSA) is 130 Å². The van der Waals surface area contributed by atoms with Crippen molar-refractivity contribution in [1.82, 2.24) is 35.6 Å². The molecule has 166 valence electrons. The van der Waals surface area contributed by atoms with Gasteiger partial charge in [-0.15, -0.1) is 0 Å². The van der Waals surface area contributed by atoms with E-state index >= 15 is 0 Å². The van der Waals surface area contributed by atoms with Crippen LogP contribution in [0.2, 0.25) is 0 Å². The normalized spacial score (nSPS) is 24.4. The third kappa shape index (κ3) is 4.79. The molecule has 2 saturated heterocycles. The second-order valence-electron chi connectivity index (χ2n) is 8.70. The van der Waals surface area contributed by atoms with Crippen LogP contribution >= 0.6 is 0 Å². The van der Waals surface area contributed by atoms with Crippen LogP contribution in [-0.2, 0) is 0 Å². The number of aromatic amines is 1. The highest BCUT2D eigenvalue weighted by molar-refractivity contribution is 5.90. The molecular formula is C22H28N10. The zero-order valence-electron chi connectivity index (χ0n) is 18.2. The van der Waals surface area contributed by atoms with Gasteiger partial charge in [0.05, 0.1) is 17.8 Å². The van der Waals surface area contributed by atoms with Crippen LogP contribution in [0.15, 0.2) is 24.5 Å². The van der Waals surface area contributed by atoms with E-state index in [0.29, 0.717) is 30.3 Å². The van der Waals surface area contributed by atoms with Crippen molar-refractivity contribution in [2.75, 3.05) is 17.2 Å². The van der Waals surface area contributed by atoms with E-state index in [-0.39, 0.29) is 6.04 Å². The molecule has 32 heavy (non-hydrogen) atoms. The number of aromatic nitrogens is 5. The van der Waals surface area contributed by atoms with Gasteiger partial charge in [-0.3, -0.25) is 15.5 Å². The Kier molecular flexibility index (Phi) is 5.83. The Morgan fingerprint density at radius 3 is 3.06 bits per heavy atom. The summed E-state index contributed by atoms with van der Waals surface area (Å²) in [6.07, 6.45) is 9.27. The summed E-state index contributed by atoms with van der Waals surface area (Å²) >= 11 is 0. The summed E-state index contributed by atoms with van der Waals surface area (Å²) in [5.74, 6) is 2.02. The second-order valence-corrected chi connectivity index (χ2v) is 8.70. The summed E-state index contributed by atoms with van der Waals surface area (Å²) in [6, 6.07) is 7.32. The Morgan fingerprint density at radius 2 is 2.22 bits per heavy atom. The quantitative estimate of drug-likeness (QED) is 0.313. The van der Waals surface area contributed by atoms with Gasteiger partial charge in [0.2, 0.25) is 5.95 Å². The molecule has 0 amide bonds. The lowest BCUT2D eigenvalue weighted by Crippen LogP contribution is -2.36. The number of hydrogen-bond acceptors (Lipinski definition) is 9. The lowest BCUT2D eigenvalue weighted by atomic mass is 9.99. The molecule has 5 rings (SSSR count). The fourth-order valence-electron chi connectivity index (χ4n) is 4.42. The molecule has 3 aromatic rings. The van der Waals surface area contributed by atoms with Gasteiger partial charge in [-0.1, -0.05) is 6.42 Å². The minimum absolute atomic E-state index is 0.274. The first-order chi connectivity index (χ1) is 15.7. The number of aryl methyl sites for hydroxylation is 1. The number of nitrogens with one attached hydrogen (secondary N) is 4. The first-order valence-electron chi connectivity index (χ1n) is 11.2. The van der Waals surface area contributed by atoms with E-state index in [9.17, 15) is 0 Å².